The summed E-state index contributed by atoms with van der Waals surface area (Å²) < 4.78 is 1.75. The molecular weight excluding hydrogens is 224 g/mol. The normalized spacial score (nSPS) is 10.4. The van der Waals surface area contributed by atoms with Crippen LogP contribution in [0, 0.1) is 0 Å². The molecule has 0 radical (unpaired) electrons. The fourth-order valence-electron chi connectivity index (χ4n) is 1.40. The Hall–Kier alpha value is -1.68. The Morgan fingerprint density at radius 2 is 2.31 bits per heavy atom. The molecule has 0 saturated heterocycles. The molecule has 0 spiro atoms. The summed E-state index contributed by atoms with van der Waals surface area (Å²) in [7, 11) is 1.88. The highest BCUT2D eigenvalue weighted by Gasteiger charge is 1.99. The van der Waals surface area contributed by atoms with Gasteiger partial charge in [0.05, 0.1) is 22.6 Å². The zero-order chi connectivity index (χ0) is 11.5. The van der Waals surface area contributed by atoms with Gasteiger partial charge in [-0.3, -0.25) is 4.68 Å². The molecule has 0 fully saturated rings. The summed E-state index contributed by atoms with van der Waals surface area (Å²) in [6.07, 6.45) is 3.69. The molecule has 1 aromatic carbocycles. The molecule has 0 amide bonds. The van der Waals surface area contributed by atoms with Crippen molar-refractivity contribution in [1.29, 1.82) is 0 Å². The Morgan fingerprint density at radius 1 is 1.50 bits per heavy atom. The molecule has 2 rings (SSSR count). The largest absolute Gasteiger partial charge is 0.398 e. The lowest BCUT2D eigenvalue weighted by Crippen LogP contribution is -1.99. The minimum atomic E-state index is 0.588. The summed E-state index contributed by atoms with van der Waals surface area (Å²) in [6, 6.07) is 5.62. The predicted octanol–water partition coefficient (Wildman–Crippen LogP) is 2.27. The first-order valence-electron chi connectivity index (χ1n) is 4.91. The average molecular weight is 237 g/mol. The second-order valence-electron chi connectivity index (χ2n) is 3.61. The van der Waals surface area contributed by atoms with Crippen LogP contribution in [0.15, 0.2) is 30.6 Å². The van der Waals surface area contributed by atoms with E-state index in [2.05, 4.69) is 10.4 Å². The summed E-state index contributed by atoms with van der Waals surface area (Å²) in [5.41, 5.74) is 8.31. The first-order chi connectivity index (χ1) is 7.65. The van der Waals surface area contributed by atoms with Crippen LogP contribution in [0.2, 0.25) is 5.02 Å². The van der Waals surface area contributed by atoms with Gasteiger partial charge in [-0.05, 0) is 17.7 Å². The minimum Gasteiger partial charge on any atom is -0.398 e. The van der Waals surface area contributed by atoms with Crippen LogP contribution in [0.4, 0.5) is 11.4 Å². The zero-order valence-corrected chi connectivity index (χ0v) is 9.70. The van der Waals surface area contributed by atoms with Crippen molar-refractivity contribution in [2.24, 2.45) is 7.05 Å². The van der Waals surface area contributed by atoms with E-state index < -0.39 is 0 Å². The molecule has 0 saturated carbocycles. The van der Waals surface area contributed by atoms with Gasteiger partial charge in [-0.25, -0.2) is 0 Å². The SMILES string of the molecule is Cn1cc(NCc2ccc(N)c(Cl)c2)cn1. The van der Waals surface area contributed by atoms with Gasteiger partial charge in [-0.1, -0.05) is 17.7 Å². The van der Waals surface area contributed by atoms with Gasteiger partial charge in [0.25, 0.3) is 0 Å². The van der Waals surface area contributed by atoms with E-state index in [1.165, 1.54) is 0 Å². The number of anilines is 2. The summed E-state index contributed by atoms with van der Waals surface area (Å²) >= 11 is 5.93. The zero-order valence-electron chi connectivity index (χ0n) is 8.94. The predicted molar refractivity (Wildman–Crippen MR) is 66.4 cm³/mol. The third-order valence-corrected chi connectivity index (χ3v) is 2.59. The van der Waals surface area contributed by atoms with E-state index in [4.69, 9.17) is 17.3 Å². The maximum Gasteiger partial charge on any atom is 0.0729 e. The lowest BCUT2D eigenvalue weighted by Gasteiger charge is -2.05. The Labute approximate surface area is 99.0 Å². The molecule has 0 atom stereocenters. The van der Waals surface area contributed by atoms with Crippen LogP contribution >= 0.6 is 11.6 Å². The van der Waals surface area contributed by atoms with Crippen LogP contribution in [0.3, 0.4) is 0 Å². The van der Waals surface area contributed by atoms with Crippen LogP contribution in [-0.4, -0.2) is 9.78 Å². The number of rotatable bonds is 3. The molecule has 0 unspecified atom stereocenters. The number of hydrogen-bond donors (Lipinski definition) is 2. The highest BCUT2D eigenvalue weighted by molar-refractivity contribution is 6.33. The molecule has 0 aliphatic heterocycles. The van der Waals surface area contributed by atoms with Gasteiger partial charge in [0.15, 0.2) is 0 Å². The molecule has 2 aromatic rings. The van der Waals surface area contributed by atoms with Gasteiger partial charge in [0, 0.05) is 19.8 Å². The van der Waals surface area contributed by atoms with Crippen molar-refractivity contribution in [3.8, 4) is 0 Å². The first-order valence-corrected chi connectivity index (χ1v) is 5.29. The molecule has 1 heterocycles. The molecule has 4 nitrogen and oxygen atoms in total. The lowest BCUT2D eigenvalue weighted by atomic mass is 10.2. The van der Waals surface area contributed by atoms with Crippen LogP contribution < -0.4 is 11.1 Å². The fourth-order valence-corrected chi connectivity index (χ4v) is 1.60. The van der Waals surface area contributed by atoms with Crippen molar-refractivity contribution in [3.63, 3.8) is 0 Å². The quantitative estimate of drug-likeness (QED) is 0.804. The van der Waals surface area contributed by atoms with E-state index >= 15 is 0 Å². The maximum absolute atomic E-state index is 5.93. The molecule has 0 bridgehead atoms. The molecule has 0 aliphatic rings. The number of benzene rings is 1. The van der Waals surface area contributed by atoms with Crippen molar-refractivity contribution in [3.05, 3.63) is 41.2 Å². The second-order valence-corrected chi connectivity index (χ2v) is 4.02. The lowest BCUT2D eigenvalue weighted by molar-refractivity contribution is 0.768. The number of aryl methyl sites for hydroxylation is 1. The van der Waals surface area contributed by atoms with E-state index in [1.54, 1.807) is 10.9 Å². The molecule has 3 N–H and O–H groups in total. The molecule has 0 aliphatic carbocycles. The number of nitrogen functional groups attached to an aromatic ring is 1. The summed E-state index contributed by atoms with van der Waals surface area (Å²) in [6.45, 7) is 0.700. The molecule has 16 heavy (non-hydrogen) atoms. The van der Waals surface area contributed by atoms with Crippen LogP contribution in [0.5, 0.6) is 0 Å². The van der Waals surface area contributed by atoms with Crippen LogP contribution in [-0.2, 0) is 13.6 Å². The summed E-state index contributed by atoms with van der Waals surface area (Å²) in [5.74, 6) is 0. The second kappa shape index (κ2) is 4.45. The average Bonchev–Trinajstić information content (AvgIpc) is 2.66. The molecule has 84 valence electrons. The Kier molecular flexibility index (Phi) is 3.01. The first kappa shape index (κ1) is 10.8. The van der Waals surface area contributed by atoms with Crippen molar-refractivity contribution >= 4 is 23.0 Å². The maximum atomic E-state index is 5.93. The summed E-state index contributed by atoms with van der Waals surface area (Å²) in [4.78, 5) is 0. The third-order valence-electron chi connectivity index (χ3n) is 2.27. The van der Waals surface area contributed by atoms with Gasteiger partial charge < -0.3 is 11.1 Å². The van der Waals surface area contributed by atoms with E-state index in [1.807, 2.05) is 31.4 Å². The van der Waals surface area contributed by atoms with Gasteiger partial charge in [0.1, 0.15) is 0 Å². The van der Waals surface area contributed by atoms with Crippen molar-refractivity contribution < 1.29 is 0 Å². The van der Waals surface area contributed by atoms with Crippen LogP contribution in [0.1, 0.15) is 5.56 Å². The number of nitrogens with zero attached hydrogens (tertiary/aromatic N) is 2. The number of hydrogen-bond acceptors (Lipinski definition) is 3. The number of nitrogens with one attached hydrogen (secondary N) is 1. The van der Waals surface area contributed by atoms with Gasteiger partial charge in [0.2, 0.25) is 0 Å². The van der Waals surface area contributed by atoms with E-state index in [9.17, 15) is 0 Å². The Morgan fingerprint density at radius 3 is 2.94 bits per heavy atom. The molecular formula is C11H13ClN4. The van der Waals surface area contributed by atoms with Crippen LogP contribution in [0.25, 0.3) is 0 Å². The monoisotopic (exact) mass is 236 g/mol. The van der Waals surface area contributed by atoms with Crippen molar-refractivity contribution in [2.45, 2.75) is 6.54 Å². The van der Waals surface area contributed by atoms with E-state index in [-0.39, 0.29) is 0 Å². The van der Waals surface area contributed by atoms with Crippen molar-refractivity contribution in [1.82, 2.24) is 9.78 Å². The molecule has 5 heteroatoms. The van der Waals surface area contributed by atoms with E-state index in [0.717, 1.165) is 11.3 Å². The van der Waals surface area contributed by atoms with Gasteiger partial charge >= 0.3 is 0 Å². The van der Waals surface area contributed by atoms with Crippen molar-refractivity contribution in [2.75, 3.05) is 11.1 Å². The number of halogens is 1. The number of aromatic nitrogens is 2. The summed E-state index contributed by atoms with van der Waals surface area (Å²) in [5, 5.41) is 7.90. The Bertz CT molecular complexity index is 492. The van der Waals surface area contributed by atoms with Gasteiger partial charge in [-0.15, -0.1) is 0 Å². The van der Waals surface area contributed by atoms with E-state index in [0.29, 0.717) is 17.3 Å². The topological polar surface area (TPSA) is 55.9 Å². The standard InChI is InChI=1S/C11H13ClN4/c1-16-7-9(6-15-16)14-5-8-2-3-11(13)10(12)4-8/h2-4,6-7,14H,5,13H2,1H3. The molecule has 1 aromatic heterocycles. The highest BCUT2D eigenvalue weighted by atomic mass is 35.5. The van der Waals surface area contributed by atoms with Gasteiger partial charge in [-0.2, -0.15) is 5.10 Å². The highest BCUT2D eigenvalue weighted by Crippen LogP contribution is 2.20. The smallest absolute Gasteiger partial charge is 0.0729 e. The Balaban J connectivity index is 2.02. The fraction of sp³-hybridized carbons (Fsp3) is 0.182. The minimum absolute atomic E-state index is 0.588. The third kappa shape index (κ3) is 2.46. The number of nitrogens with two attached hydrogens (primary N) is 1.